The van der Waals surface area contributed by atoms with E-state index in [1.807, 2.05) is 6.08 Å². The van der Waals surface area contributed by atoms with Gasteiger partial charge >= 0.3 is 0 Å². The van der Waals surface area contributed by atoms with E-state index in [-0.39, 0.29) is 5.41 Å². The quantitative estimate of drug-likeness (QED) is 0.676. The predicted octanol–water partition coefficient (Wildman–Crippen LogP) is 3.55. The van der Waals surface area contributed by atoms with Crippen LogP contribution in [0, 0.1) is 35.0 Å². The fourth-order valence-corrected chi connectivity index (χ4v) is 5.93. The smallest absolute Gasteiger partial charge is 0.161 e. The molecule has 4 aliphatic carbocycles. The molecular formula is C18H24O2. The highest BCUT2D eigenvalue weighted by atomic mass is 16.1. The van der Waals surface area contributed by atoms with Gasteiger partial charge in [-0.25, -0.2) is 0 Å². The van der Waals surface area contributed by atoms with Crippen LogP contribution >= 0.6 is 0 Å². The molecule has 4 aliphatic rings. The lowest BCUT2D eigenvalue weighted by Gasteiger charge is -2.53. The van der Waals surface area contributed by atoms with Gasteiger partial charge < -0.3 is 0 Å². The highest BCUT2D eigenvalue weighted by molar-refractivity contribution is 5.97. The Morgan fingerprint density at radius 2 is 1.90 bits per heavy atom. The summed E-state index contributed by atoms with van der Waals surface area (Å²) in [5.41, 5.74) is -0.0987. The molecule has 0 bridgehead atoms. The van der Waals surface area contributed by atoms with E-state index in [0.717, 1.165) is 37.5 Å². The zero-order valence-corrected chi connectivity index (χ0v) is 12.3. The molecule has 0 radical (unpaired) electrons. The molecule has 0 aromatic heterocycles. The summed E-state index contributed by atoms with van der Waals surface area (Å²) in [6.45, 7) is 2.19. The van der Waals surface area contributed by atoms with E-state index < -0.39 is 0 Å². The minimum atomic E-state index is -0.0987. The zero-order chi connectivity index (χ0) is 13.9. The van der Waals surface area contributed by atoms with Crippen LogP contribution in [0.15, 0.2) is 12.2 Å². The number of allylic oxidation sites excluding steroid dienone is 2. The second kappa shape index (κ2) is 4.29. The maximum absolute atomic E-state index is 12.2. The third-order valence-corrected chi connectivity index (χ3v) is 7.03. The number of carbonyl (C=O) groups excluding carboxylic acids is 2. The molecule has 1 unspecified atom stereocenters. The first kappa shape index (κ1) is 12.8. The maximum Gasteiger partial charge on any atom is 0.161 e. The van der Waals surface area contributed by atoms with Crippen LogP contribution in [0.2, 0.25) is 0 Å². The van der Waals surface area contributed by atoms with Crippen LogP contribution in [0.3, 0.4) is 0 Å². The fourth-order valence-electron chi connectivity index (χ4n) is 5.93. The van der Waals surface area contributed by atoms with Gasteiger partial charge in [-0.05, 0) is 67.8 Å². The third kappa shape index (κ3) is 1.63. The first-order valence-electron chi connectivity index (χ1n) is 8.34. The monoisotopic (exact) mass is 272 g/mol. The number of hydrogen-bond acceptors (Lipinski definition) is 2. The number of carbonyl (C=O) groups is 2. The molecule has 4 rings (SSSR count). The van der Waals surface area contributed by atoms with Gasteiger partial charge in [0.25, 0.3) is 0 Å². The van der Waals surface area contributed by atoms with Crippen molar-refractivity contribution in [1.82, 2.24) is 0 Å². The Balaban J connectivity index is 1.61. The average molecular weight is 272 g/mol. The molecule has 3 saturated carbocycles. The molecule has 20 heavy (non-hydrogen) atoms. The van der Waals surface area contributed by atoms with Crippen LogP contribution < -0.4 is 0 Å². The summed E-state index contributed by atoms with van der Waals surface area (Å²) in [6.07, 6.45) is 11.5. The van der Waals surface area contributed by atoms with Gasteiger partial charge in [-0.15, -0.1) is 0 Å². The minimum absolute atomic E-state index is 0.0987. The number of hydrogen-bond donors (Lipinski definition) is 0. The van der Waals surface area contributed by atoms with Gasteiger partial charge in [-0.1, -0.05) is 13.0 Å². The molecule has 2 nitrogen and oxygen atoms in total. The molecule has 0 N–H and O–H groups in total. The van der Waals surface area contributed by atoms with Gasteiger partial charge in [-0.2, -0.15) is 0 Å². The molecule has 0 heterocycles. The summed E-state index contributed by atoms with van der Waals surface area (Å²) in [6, 6.07) is 0. The molecule has 0 aromatic carbocycles. The Morgan fingerprint density at radius 3 is 2.75 bits per heavy atom. The van der Waals surface area contributed by atoms with Crippen molar-refractivity contribution in [3.8, 4) is 0 Å². The van der Waals surface area contributed by atoms with Crippen molar-refractivity contribution in [2.24, 2.45) is 35.0 Å². The predicted molar refractivity (Wildman–Crippen MR) is 77.0 cm³/mol. The van der Waals surface area contributed by atoms with Crippen LogP contribution in [-0.4, -0.2) is 11.6 Å². The van der Waals surface area contributed by atoms with E-state index in [4.69, 9.17) is 0 Å². The van der Waals surface area contributed by atoms with Crippen molar-refractivity contribution >= 4 is 11.6 Å². The van der Waals surface area contributed by atoms with Gasteiger partial charge in [0.2, 0.25) is 0 Å². The molecule has 2 heteroatoms. The van der Waals surface area contributed by atoms with Crippen molar-refractivity contribution in [2.45, 2.75) is 51.9 Å². The van der Waals surface area contributed by atoms with E-state index in [2.05, 4.69) is 13.0 Å². The number of ketones is 2. The summed E-state index contributed by atoms with van der Waals surface area (Å²) in [5, 5.41) is 0. The van der Waals surface area contributed by atoms with E-state index in [0.29, 0.717) is 29.3 Å². The normalized spacial score (nSPS) is 50.5. The van der Waals surface area contributed by atoms with Crippen LogP contribution in [0.5, 0.6) is 0 Å². The fraction of sp³-hybridized carbons (Fsp3) is 0.778. The Kier molecular flexibility index (Phi) is 2.74. The standard InChI is InChI=1S/C18H24O2/c1-18-9-8-14-13-5-3-12(19)10-11(13)2-4-15(14)16(18)6-7-17(18)20/h6-7,11,13-16H,2-5,8-10H2,1H3/t11?,13-,14+,15+,16-,18-/m0/s1. The van der Waals surface area contributed by atoms with Crippen LogP contribution in [0.1, 0.15) is 51.9 Å². The van der Waals surface area contributed by atoms with E-state index >= 15 is 0 Å². The highest BCUT2D eigenvalue weighted by Crippen LogP contribution is 2.59. The lowest BCUT2D eigenvalue weighted by atomic mass is 9.50. The lowest BCUT2D eigenvalue weighted by molar-refractivity contribution is -0.132. The summed E-state index contributed by atoms with van der Waals surface area (Å²) in [4.78, 5) is 23.9. The largest absolute Gasteiger partial charge is 0.300 e. The molecule has 3 fully saturated rings. The van der Waals surface area contributed by atoms with Gasteiger partial charge in [0.1, 0.15) is 5.78 Å². The Bertz CT molecular complexity index is 492. The topological polar surface area (TPSA) is 34.1 Å². The van der Waals surface area contributed by atoms with Crippen molar-refractivity contribution in [1.29, 1.82) is 0 Å². The molecule has 0 aromatic rings. The van der Waals surface area contributed by atoms with Crippen molar-refractivity contribution in [2.75, 3.05) is 0 Å². The van der Waals surface area contributed by atoms with Crippen LogP contribution in [0.25, 0.3) is 0 Å². The summed E-state index contributed by atoms with van der Waals surface area (Å²) < 4.78 is 0. The summed E-state index contributed by atoms with van der Waals surface area (Å²) >= 11 is 0. The van der Waals surface area contributed by atoms with Gasteiger partial charge in [0.05, 0.1) is 0 Å². The Morgan fingerprint density at radius 1 is 1.05 bits per heavy atom. The van der Waals surface area contributed by atoms with E-state index in [1.54, 1.807) is 0 Å². The maximum atomic E-state index is 12.2. The average Bonchev–Trinajstić information content (AvgIpc) is 2.74. The third-order valence-electron chi connectivity index (χ3n) is 7.03. The van der Waals surface area contributed by atoms with E-state index in [9.17, 15) is 9.59 Å². The molecule has 0 spiro atoms. The molecule has 0 amide bonds. The number of fused-ring (bicyclic) bond motifs is 5. The zero-order valence-electron chi connectivity index (χ0n) is 12.3. The molecule has 6 atom stereocenters. The molecular weight excluding hydrogens is 248 g/mol. The van der Waals surface area contributed by atoms with Crippen molar-refractivity contribution < 1.29 is 9.59 Å². The summed E-state index contributed by atoms with van der Waals surface area (Å²) in [7, 11) is 0. The Labute approximate surface area is 121 Å². The summed E-state index contributed by atoms with van der Waals surface area (Å²) in [5.74, 6) is 4.22. The van der Waals surface area contributed by atoms with Crippen LogP contribution in [-0.2, 0) is 9.59 Å². The first-order chi connectivity index (χ1) is 9.59. The molecule has 0 saturated heterocycles. The van der Waals surface area contributed by atoms with Crippen molar-refractivity contribution in [3.63, 3.8) is 0 Å². The molecule has 0 aliphatic heterocycles. The second-order valence-electron chi connectivity index (χ2n) is 7.82. The first-order valence-corrected chi connectivity index (χ1v) is 8.34. The highest BCUT2D eigenvalue weighted by Gasteiger charge is 2.55. The van der Waals surface area contributed by atoms with Crippen LogP contribution in [0.4, 0.5) is 0 Å². The number of Topliss-reactive ketones (excluding diaryl/α,β-unsaturated/α-hetero) is 1. The minimum Gasteiger partial charge on any atom is -0.300 e. The van der Waals surface area contributed by atoms with Gasteiger partial charge in [-0.3, -0.25) is 9.59 Å². The van der Waals surface area contributed by atoms with Gasteiger partial charge in [0, 0.05) is 18.3 Å². The molecule has 108 valence electrons. The van der Waals surface area contributed by atoms with E-state index in [1.165, 1.54) is 19.3 Å². The van der Waals surface area contributed by atoms with Gasteiger partial charge in [0.15, 0.2) is 5.78 Å². The van der Waals surface area contributed by atoms with Crippen molar-refractivity contribution in [3.05, 3.63) is 12.2 Å². The number of rotatable bonds is 0. The SMILES string of the molecule is C[C@]12CC[C@H]3[C@@H](CCC4CC(=O)CC[C@@H]43)[C@@H]1C=CC2=O. The second-order valence-corrected chi connectivity index (χ2v) is 7.82. The lowest BCUT2D eigenvalue weighted by Crippen LogP contribution is -2.49. The Hall–Kier alpha value is -0.920.